The molecule has 0 spiro atoms. The molecule has 0 saturated heterocycles. The van der Waals surface area contributed by atoms with Crippen molar-refractivity contribution in [3.05, 3.63) is 79.5 Å². The van der Waals surface area contributed by atoms with Crippen LogP contribution in [0, 0.1) is 20.2 Å². The third-order valence-corrected chi connectivity index (χ3v) is 8.90. The Hall–Kier alpha value is -2.68. The van der Waals surface area contributed by atoms with Crippen molar-refractivity contribution in [1.29, 1.82) is 0 Å². The van der Waals surface area contributed by atoms with Gasteiger partial charge in [-0.15, -0.1) is 0 Å². The van der Waals surface area contributed by atoms with Crippen LogP contribution < -0.4 is 9.47 Å². The Morgan fingerprint density at radius 2 is 1.51 bits per heavy atom. The summed E-state index contributed by atoms with van der Waals surface area (Å²) < 4.78 is 26.8. The van der Waals surface area contributed by atoms with Gasteiger partial charge in [0, 0.05) is 53.9 Å². The minimum Gasteiger partial charge on any atom is -0.493 e. The van der Waals surface area contributed by atoms with Crippen LogP contribution in [-0.2, 0) is 16.2 Å². The number of hydrogen-bond acceptors (Lipinski definition) is 5. The number of ketones is 2. The molecule has 0 saturated carbocycles. The predicted molar refractivity (Wildman–Crippen MR) is 157 cm³/mol. The maximum atomic E-state index is 14.2. The molecule has 0 aromatic heterocycles. The number of nitrogens with zero attached hydrogens (tertiary/aromatic N) is 1. The lowest BCUT2D eigenvalue weighted by Gasteiger charge is -2.48. The highest BCUT2D eigenvalue weighted by molar-refractivity contribution is 14.1. The van der Waals surface area contributed by atoms with Gasteiger partial charge in [-0.1, -0.05) is 45.9 Å². The van der Waals surface area contributed by atoms with Crippen molar-refractivity contribution >= 4 is 34.2 Å². The number of allylic oxidation sites excluding steroid dienone is 4. The lowest BCUT2D eigenvalue weighted by atomic mass is 9.64. The fraction of sp³-hybridized carbons (Fsp3) is 0.438. The molecular weight excluding hydrogens is 608 g/mol. The molecule has 0 radical (unpaired) electrons. The quantitative estimate of drug-likeness (QED) is 0.320. The number of halogens is 2. The van der Waals surface area contributed by atoms with Crippen LogP contribution in [0.3, 0.4) is 0 Å². The molecular formula is C32H35FINO4. The number of ether oxygens (including phenoxy) is 2. The summed E-state index contributed by atoms with van der Waals surface area (Å²) in [6, 6.07) is 10.4. The Bertz CT molecular complexity index is 1380. The second kappa shape index (κ2) is 10.1. The van der Waals surface area contributed by atoms with E-state index >= 15 is 0 Å². The zero-order valence-corrected chi connectivity index (χ0v) is 25.6. The van der Waals surface area contributed by atoms with Crippen molar-refractivity contribution in [2.24, 2.45) is 10.8 Å². The number of Topliss-reactive ketones (excluding diaryl/α,β-unsaturated/α-hetero) is 2. The van der Waals surface area contributed by atoms with Crippen LogP contribution in [0.1, 0.15) is 70.4 Å². The Balaban J connectivity index is 1.63. The van der Waals surface area contributed by atoms with E-state index in [1.807, 2.05) is 19.2 Å². The topological polar surface area (TPSA) is 55.8 Å². The molecule has 2 aromatic rings. The molecule has 0 amide bonds. The van der Waals surface area contributed by atoms with E-state index in [0.717, 1.165) is 44.5 Å². The number of carbonyl (C=O) groups excluding carboxylic acids is 2. The van der Waals surface area contributed by atoms with Crippen molar-refractivity contribution in [3.8, 4) is 11.5 Å². The molecule has 2 aromatic carbocycles. The third kappa shape index (κ3) is 5.14. The number of hydrogen-bond donors (Lipinski definition) is 0. The van der Waals surface area contributed by atoms with Crippen molar-refractivity contribution in [3.63, 3.8) is 0 Å². The highest BCUT2D eigenvalue weighted by Crippen LogP contribution is 2.54. The van der Waals surface area contributed by atoms with E-state index in [4.69, 9.17) is 9.47 Å². The normalized spacial score (nSPS) is 20.7. The number of rotatable bonds is 5. The van der Waals surface area contributed by atoms with Crippen molar-refractivity contribution < 1.29 is 23.5 Å². The van der Waals surface area contributed by atoms with Crippen molar-refractivity contribution in [2.75, 3.05) is 14.2 Å². The van der Waals surface area contributed by atoms with Gasteiger partial charge in [-0.25, -0.2) is 4.39 Å². The van der Waals surface area contributed by atoms with E-state index in [0.29, 0.717) is 29.9 Å². The summed E-state index contributed by atoms with van der Waals surface area (Å²) in [6.45, 7) is 8.57. The van der Waals surface area contributed by atoms with Gasteiger partial charge in [0.05, 0.1) is 10.7 Å². The number of methoxy groups -OCH3 is 1. The summed E-state index contributed by atoms with van der Waals surface area (Å²) >= 11 is 2.19. The van der Waals surface area contributed by atoms with Crippen molar-refractivity contribution in [2.45, 2.75) is 65.9 Å². The fourth-order valence-electron chi connectivity index (χ4n) is 6.31. The Kier molecular flexibility index (Phi) is 7.19. The Morgan fingerprint density at radius 3 is 2.05 bits per heavy atom. The first-order chi connectivity index (χ1) is 18.3. The van der Waals surface area contributed by atoms with Gasteiger partial charge in [-0.05, 0) is 70.0 Å². The van der Waals surface area contributed by atoms with Crippen LogP contribution in [0.4, 0.5) is 4.39 Å². The summed E-state index contributed by atoms with van der Waals surface area (Å²) in [7, 11) is 3.58. The van der Waals surface area contributed by atoms with Gasteiger partial charge in [0.25, 0.3) is 0 Å². The van der Waals surface area contributed by atoms with Gasteiger partial charge >= 0.3 is 0 Å². The summed E-state index contributed by atoms with van der Waals surface area (Å²) in [6.07, 6.45) is 2.42. The van der Waals surface area contributed by atoms with E-state index in [1.54, 1.807) is 25.3 Å². The van der Waals surface area contributed by atoms with E-state index < -0.39 is 5.92 Å². The number of carbonyl (C=O) groups is 2. The molecule has 1 heterocycles. The fourth-order valence-corrected chi connectivity index (χ4v) is 7.09. The molecule has 39 heavy (non-hydrogen) atoms. The highest BCUT2D eigenvalue weighted by Gasteiger charge is 2.48. The van der Waals surface area contributed by atoms with E-state index in [1.165, 1.54) is 6.07 Å². The van der Waals surface area contributed by atoms with E-state index in [-0.39, 0.29) is 34.8 Å². The summed E-state index contributed by atoms with van der Waals surface area (Å²) in [5, 5.41) is 0. The number of benzene rings is 2. The minimum absolute atomic E-state index is 0.0539. The van der Waals surface area contributed by atoms with Gasteiger partial charge in [-0.2, -0.15) is 0 Å². The molecule has 3 aliphatic rings. The van der Waals surface area contributed by atoms with Gasteiger partial charge in [0.1, 0.15) is 12.4 Å². The lowest BCUT2D eigenvalue weighted by Crippen LogP contribution is -2.43. The summed E-state index contributed by atoms with van der Waals surface area (Å²) in [5.41, 5.74) is 4.45. The lowest BCUT2D eigenvalue weighted by molar-refractivity contribution is -0.119. The first-order valence-electron chi connectivity index (χ1n) is 13.3. The molecule has 0 fully saturated rings. The van der Waals surface area contributed by atoms with Crippen LogP contribution in [0.2, 0.25) is 0 Å². The molecule has 0 bridgehead atoms. The zero-order chi connectivity index (χ0) is 28.3. The average Bonchev–Trinajstić information content (AvgIpc) is 2.84. The van der Waals surface area contributed by atoms with Crippen molar-refractivity contribution in [1.82, 2.24) is 4.90 Å². The minimum atomic E-state index is -0.457. The van der Waals surface area contributed by atoms with Crippen LogP contribution >= 0.6 is 22.6 Å². The predicted octanol–water partition coefficient (Wildman–Crippen LogP) is 7.33. The molecule has 0 unspecified atom stereocenters. The molecule has 206 valence electrons. The van der Waals surface area contributed by atoms with Gasteiger partial charge in [0.15, 0.2) is 23.1 Å². The molecule has 5 nitrogen and oxygen atoms in total. The molecule has 7 heteroatoms. The van der Waals surface area contributed by atoms with Gasteiger partial charge in [-0.3, -0.25) is 9.59 Å². The van der Waals surface area contributed by atoms with Gasteiger partial charge in [0.2, 0.25) is 0 Å². The Labute approximate surface area is 243 Å². The Morgan fingerprint density at radius 1 is 0.949 bits per heavy atom. The molecule has 1 aliphatic heterocycles. The van der Waals surface area contributed by atoms with E-state index in [2.05, 4.69) is 55.2 Å². The first kappa shape index (κ1) is 27.9. The van der Waals surface area contributed by atoms with Crippen LogP contribution in [0.5, 0.6) is 11.5 Å². The average molecular weight is 644 g/mol. The smallest absolute Gasteiger partial charge is 0.174 e. The molecule has 0 N–H and O–H groups in total. The van der Waals surface area contributed by atoms with Crippen LogP contribution in [0.25, 0.3) is 0 Å². The zero-order valence-electron chi connectivity index (χ0n) is 23.4. The summed E-state index contributed by atoms with van der Waals surface area (Å²) in [5.74, 6) is 0.400. The monoisotopic (exact) mass is 643 g/mol. The summed E-state index contributed by atoms with van der Waals surface area (Å²) in [4.78, 5) is 29.7. The second-order valence-electron chi connectivity index (χ2n) is 12.5. The molecule has 2 aliphatic carbocycles. The largest absolute Gasteiger partial charge is 0.493 e. The highest BCUT2D eigenvalue weighted by atomic mass is 127. The second-order valence-corrected chi connectivity index (χ2v) is 13.7. The van der Waals surface area contributed by atoms with Crippen LogP contribution in [0.15, 0.2) is 58.9 Å². The van der Waals surface area contributed by atoms with Gasteiger partial charge < -0.3 is 14.4 Å². The standard InChI is InChI=1S/C32H35FINO4/c1-31(2)13-22-28(24(36)15-31)27(29-23(35(22)5)14-32(3,4)16-25(29)37)19-11-21(34)30(26(12-19)38-6)39-17-18-9-7-8-10-20(18)33/h7-12,27H,13-17H2,1-6H3. The third-order valence-electron chi connectivity index (χ3n) is 8.09. The first-order valence-corrected chi connectivity index (χ1v) is 14.4. The SMILES string of the molecule is COc1cc(C2C3=C(CC(C)(C)CC3=O)N(C)C3=C2C(=O)CC(C)(C)C3)cc(I)c1OCc1ccccc1F. The maximum absolute atomic E-state index is 14.2. The van der Waals surface area contributed by atoms with E-state index in [9.17, 15) is 14.0 Å². The maximum Gasteiger partial charge on any atom is 0.174 e. The van der Waals surface area contributed by atoms with Crippen LogP contribution in [-0.4, -0.2) is 30.6 Å². The molecule has 5 rings (SSSR count). The molecule has 0 atom stereocenters.